The molecule has 1 amide bonds. The van der Waals surface area contributed by atoms with Crippen molar-refractivity contribution in [1.82, 2.24) is 4.31 Å². The third-order valence-corrected chi connectivity index (χ3v) is 10.1. The maximum absolute atomic E-state index is 13.6. The Morgan fingerprint density at radius 2 is 1.51 bits per heavy atom. The summed E-state index contributed by atoms with van der Waals surface area (Å²) in [5.41, 5.74) is 0.483. The molecule has 3 aromatic rings. The number of anilines is 2. The number of hydrogen-bond donors (Lipinski definition) is 1. The fourth-order valence-electron chi connectivity index (χ4n) is 4.31. The largest absolute Gasteiger partial charge is 0.497 e. The zero-order valence-electron chi connectivity index (χ0n) is 21.7. The van der Waals surface area contributed by atoms with Gasteiger partial charge in [-0.05, 0) is 61.4 Å². The molecule has 1 N–H and O–H groups in total. The molecule has 1 aliphatic rings. The van der Waals surface area contributed by atoms with Gasteiger partial charge in [-0.25, -0.2) is 16.8 Å². The Morgan fingerprint density at radius 1 is 0.846 bits per heavy atom. The number of nitrogens with zero attached hydrogens (tertiary/aromatic N) is 2. The van der Waals surface area contributed by atoms with Gasteiger partial charge >= 0.3 is 0 Å². The Labute approximate surface area is 229 Å². The third-order valence-electron chi connectivity index (χ3n) is 6.36. The van der Waals surface area contributed by atoms with Crippen LogP contribution in [0.1, 0.15) is 19.3 Å². The van der Waals surface area contributed by atoms with Crippen LogP contribution in [0.25, 0.3) is 0 Å². The molecule has 0 aliphatic carbocycles. The lowest BCUT2D eigenvalue weighted by Gasteiger charge is -2.26. The summed E-state index contributed by atoms with van der Waals surface area (Å²) in [6.07, 6.45) is 2.67. The highest BCUT2D eigenvalue weighted by Crippen LogP contribution is 2.35. The molecule has 0 saturated carbocycles. The normalized spacial score (nSPS) is 14.4. The number of benzene rings is 3. The summed E-state index contributed by atoms with van der Waals surface area (Å²) in [7, 11) is -4.91. The predicted molar refractivity (Wildman–Crippen MR) is 148 cm³/mol. The van der Waals surface area contributed by atoms with E-state index in [0.717, 1.165) is 23.6 Å². The van der Waals surface area contributed by atoms with Gasteiger partial charge in [0.1, 0.15) is 18.0 Å². The summed E-state index contributed by atoms with van der Waals surface area (Å²) in [5, 5.41) is 2.66. The van der Waals surface area contributed by atoms with E-state index in [1.807, 2.05) is 0 Å². The van der Waals surface area contributed by atoms with Gasteiger partial charge in [0.25, 0.3) is 10.0 Å². The van der Waals surface area contributed by atoms with Gasteiger partial charge in [0, 0.05) is 24.8 Å². The van der Waals surface area contributed by atoms with Crippen LogP contribution < -0.4 is 19.1 Å². The smallest absolute Gasteiger partial charge is 0.264 e. The Bertz CT molecular complexity index is 1500. The minimum Gasteiger partial charge on any atom is -0.497 e. The molecule has 1 fully saturated rings. The van der Waals surface area contributed by atoms with E-state index in [0.29, 0.717) is 24.5 Å². The van der Waals surface area contributed by atoms with Crippen LogP contribution in [0.15, 0.2) is 82.6 Å². The number of amides is 1. The number of ether oxygens (including phenoxy) is 2. The SMILES string of the molecule is COc1ccc(N(CC(=O)Nc2ccc(S(=O)(=O)N3CCCCC3)cc2)S(=O)(=O)c2ccccc2)c(OC)c1. The summed E-state index contributed by atoms with van der Waals surface area (Å²) in [4.78, 5) is 13.3. The van der Waals surface area contributed by atoms with E-state index in [-0.39, 0.29) is 21.2 Å². The Kier molecular flexibility index (Phi) is 8.78. The zero-order valence-corrected chi connectivity index (χ0v) is 23.4. The topological polar surface area (TPSA) is 122 Å². The van der Waals surface area contributed by atoms with Crippen molar-refractivity contribution in [3.8, 4) is 11.5 Å². The molecule has 12 heteroatoms. The summed E-state index contributed by atoms with van der Waals surface area (Å²) in [5.74, 6) is 0.0321. The van der Waals surface area contributed by atoms with Crippen LogP contribution in [-0.2, 0) is 24.8 Å². The van der Waals surface area contributed by atoms with E-state index in [1.165, 1.54) is 67.1 Å². The molecule has 0 radical (unpaired) electrons. The Hall–Kier alpha value is -3.61. The maximum Gasteiger partial charge on any atom is 0.264 e. The van der Waals surface area contributed by atoms with Gasteiger partial charge in [0.15, 0.2) is 0 Å². The van der Waals surface area contributed by atoms with Crippen LogP contribution in [-0.4, -0.2) is 60.9 Å². The van der Waals surface area contributed by atoms with Crippen molar-refractivity contribution in [2.75, 3.05) is 43.5 Å². The fourth-order valence-corrected chi connectivity index (χ4v) is 7.28. The molecule has 208 valence electrons. The van der Waals surface area contributed by atoms with Crippen LogP contribution in [0.5, 0.6) is 11.5 Å². The van der Waals surface area contributed by atoms with Gasteiger partial charge in [-0.15, -0.1) is 0 Å². The number of carbonyl (C=O) groups is 1. The van der Waals surface area contributed by atoms with Gasteiger partial charge < -0.3 is 14.8 Å². The molecule has 1 heterocycles. The highest BCUT2D eigenvalue weighted by atomic mass is 32.2. The number of sulfonamides is 2. The Morgan fingerprint density at radius 3 is 2.13 bits per heavy atom. The lowest BCUT2D eigenvalue weighted by atomic mass is 10.2. The third kappa shape index (κ3) is 6.35. The van der Waals surface area contributed by atoms with Crippen LogP contribution >= 0.6 is 0 Å². The van der Waals surface area contributed by atoms with Crippen molar-refractivity contribution in [3.63, 3.8) is 0 Å². The molecule has 1 aliphatic heterocycles. The fraction of sp³-hybridized carbons (Fsp3) is 0.296. The monoisotopic (exact) mass is 573 g/mol. The average molecular weight is 574 g/mol. The quantitative estimate of drug-likeness (QED) is 0.392. The first kappa shape index (κ1) is 28.4. The minimum absolute atomic E-state index is 0.00273. The van der Waals surface area contributed by atoms with E-state index in [1.54, 1.807) is 24.3 Å². The van der Waals surface area contributed by atoms with Crippen LogP contribution in [0.2, 0.25) is 0 Å². The molecule has 10 nitrogen and oxygen atoms in total. The second kappa shape index (κ2) is 12.1. The van der Waals surface area contributed by atoms with Crippen molar-refractivity contribution in [2.45, 2.75) is 29.1 Å². The summed E-state index contributed by atoms with van der Waals surface area (Å²) in [6, 6.07) is 18.2. The van der Waals surface area contributed by atoms with Crippen molar-refractivity contribution in [1.29, 1.82) is 0 Å². The van der Waals surface area contributed by atoms with Crippen molar-refractivity contribution in [3.05, 3.63) is 72.8 Å². The van der Waals surface area contributed by atoms with Gasteiger partial charge in [-0.1, -0.05) is 24.6 Å². The van der Waals surface area contributed by atoms with Crippen molar-refractivity contribution in [2.24, 2.45) is 0 Å². The molecule has 4 rings (SSSR count). The second-order valence-corrected chi connectivity index (χ2v) is 12.7. The Balaban J connectivity index is 1.59. The average Bonchev–Trinajstić information content (AvgIpc) is 2.96. The molecule has 0 aromatic heterocycles. The first-order chi connectivity index (χ1) is 18.7. The predicted octanol–water partition coefficient (Wildman–Crippen LogP) is 3.71. The summed E-state index contributed by atoms with van der Waals surface area (Å²) in [6.45, 7) is 0.413. The highest BCUT2D eigenvalue weighted by Gasteiger charge is 2.30. The van der Waals surface area contributed by atoms with Crippen LogP contribution in [0.3, 0.4) is 0 Å². The molecular weight excluding hydrogens is 542 g/mol. The maximum atomic E-state index is 13.6. The number of nitrogens with one attached hydrogen (secondary N) is 1. The standard InChI is InChI=1S/C27H31N3O7S2/c1-36-22-13-16-25(26(19-22)37-2)30(39(34,35)23-9-5-3-6-10-23)20-27(31)28-21-11-14-24(15-12-21)38(32,33)29-17-7-4-8-18-29/h3,5-6,9-16,19H,4,7-8,17-18,20H2,1-2H3,(H,28,31). The number of methoxy groups -OCH3 is 2. The first-order valence-corrected chi connectivity index (χ1v) is 15.2. The molecule has 0 spiro atoms. The number of hydrogen-bond acceptors (Lipinski definition) is 7. The number of piperidine rings is 1. The van der Waals surface area contributed by atoms with Gasteiger partial charge in [0.2, 0.25) is 15.9 Å². The van der Waals surface area contributed by atoms with E-state index < -0.39 is 32.5 Å². The molecule has 3 aromatic carbocycles. The van der Waals surface area contributed by atoms with Gasteiger partial charge in [0.05, 0.1) is 29.7 Å². The second-order valence-electron chi connectivity index (χ2n) is 8.90. The van der Waals surface area contributed by atoms with Gasteiger partial charge in [-0.2, -0.15) is 4.31 Å². The lowest BCUT2D eigenvalue weighted by molar-refractivity contribution is -0.114. The summed E-state index contributed by atoms with van der Waals surface area (Å²) >= 11 is 0. The van der Waals surface area contributed by atoms with E-state index in [4.69, 9.17) is 9.47 Å². The van der Waals surface area contributed by atoms with E-state index >= 15 is 0 Å². The summed E-state index contributed by atoms with van der Waals surface area (Å²) < 4.78 is 66.2. The first-order valence-electron chi connectivity index (χ1n) is 12.4. The minimum atomic E-state index is -4.17. The molecular formula is C27H31N3O7S2. The van der Waals surface area contributed by atoms with E-state index in [9.17, 15) is 21.6 Å². The van der Waals surface area contributed by atoms with Crippen molar-refractivity contribution >= 4 is 37.3 Å². The molecule has 39 heavy (non-hydrogen) atoms. The van der Waals surface area contributed by atoms with Crippen LogP contribution in [0, 0.1) is 0 Å². The van der Waals surface area contributed by atoms with Crippen molar-refractivity contribution < 1.29 is 31.1 Å². The lowest BCUT2D eigenvalue weighted by Crippen LogP contribution is -2.38. The number of carbonyl (C=O) groups excluding carboxylic acids is 1. The molecule has 0 atom stereocenters. The highest BCUT2D eigenvalue weighted by molar-refractivity contribution is 7.93. The van der Waals surface area contributed by atoms with Gasteiger partial charge in [-0.3, -0.25) is 9.10 Å². The molecule has 1 saturated heterocycles. The molecule has 0 unspecified atom stereocenters. The zero-order chi connectivity index (χ0) is 28.0. The van der Waals surface area contributed by atoms with E-state index in [2.05, 4.69) is 5.32 Å². The number of rotatable bonds is 10. The van der Waals surface area contributed by atoms with Crippen LogP contribution in [0.4, 0.5) is 11.4 Å². The molecule has 0 bridgehead atoms.